The molecule has 19 heavy (non-hydrogen) atoms. The van der Waals surface area contributed by atoms with E-state index in [-0.39, 0.29) is 5.75 Å². The zero-order chi connectivity index (χ0) is 13.2. The Kier molecular flexibility index (Phi) is 3.76. The van der Waals surface area contributed by atoms with Crippen molar-refractivity contribution in [3.8, 4) is 10.9 Å². The van der Waals surface area contributed by atoms with Gasteiger partial charge in [0, 0.05) is 10.5 Å². The van der Waals surface area contributed by atoms with Crippen LogP contribution < -0.4 is 10.1 Å². The molecule has 0 amide bonds. The Morgan fingerprint density at radius 2 is 2.26 bits per heavy atom. The van der Waals surface area contributed by atoms with Crippen LogP contribution in [0.5, 0.6) is 10.9 Å². The smallest absolute Gasteiger partial charge is 0.299 e. The first-order chi connectivity index (χ1) is 9.20. The van der Waals surface area contributed by atoms with Gasteiger partial charge in [0.05, 0.1) is 6.54 Å². The molecular formula is C12H11BrFN3OS. The van der Waals surface area contributed by atoms with Crippen LogP contribution in [0, 0.1) is 5.82 Å². The fraction of sp³-hybridized carbons (Fsp3) is 0.333. The van der Waals surface area contributed by atoms with Gasteiger partial charge < -0.3 is 10.1 Å². The molecule has 2 aromatic rings. The molecule has 3 rings (SSSR count). The van der Waals surface area contributed by atoms with E-state index in [4.69, 9.17) is 4.74 Å². The second-order valence-electron chi connectivity index (χ2n) is 4.29. The van der Waals surface area contributed by atoms with Crippen LogP contribution in [0.25, 0.3) is 0 Å². The molecule has 1 aliphatic rings. The van der Waals surface area contributed by atoms with E-state index in [0.29, 0.717) is 17.8 Å². The number of hydrogen-bond acceptors (Lipinski definition) is 5. The highest BCUT2D eigenvalue weighted by molar-refractivity contribution is 9.10. The minimum atomic E-state index is -0.420. The zero-order valence-corrected chi connectivity index (χ0v) is 12.3. The molecule has 1 heterocycles. The van der Waals surface area contributed by atoms with E-state index < -0.39 is 5.82 Å². The second kappa shape index (κ2) is 5.52. The van der Waals surface area contributed by atoms with Crippen molar-refractivity contribution in [1.29, 1.82) is 0 Å². The maximum absolute atomic E-state index is 13.5. The third-order valence-corrected chi connectivity index (χ3v) is 3.95. The second-order valence-corrected chi connectivity index (χ2v) is 6.23. The SMILES string of the molecule is Fc1ccc(Br)cc1Oc1nnc(CNC2CC2)s1. The number of nitrogens with zero attached hydrogens (tertiary/aromatic N) is 2. The summed E-state index contributed by atoms with van der Waals surface area (Å²) in [5.74, 6) is -0.275. The van der Waals surface area contributed by atoms with Crippen LogP contribution in [0.4, 0.5) is 4.39 Å². The van der Waals surface area contributed by atoms with Crippen molar-refractivity contribution < 1.29 is 9.13 Å². The van der Waals surface area contributed by atoms with Gasteiger partial charge in [-0.25, -0.2) is 4.39 Å². The van der Waals surface area contributed by atoms with Crippen molar-refractivity contribution in [3.63, 3.8) is 0 Å². The topological polar surface area (TPSA) is 47.0 Å². The van der Waals surface area contributed by atoms with Crippen molar-refractivity contribution in [1.82, 2.24) is 15.5 Å². The molecule has 7 heteroatoms. The molecule has 0 atom stereocenters. The zero-order valence-electron chi connectivity index (χ0n) is 9.90. The highest BCUT2D eigenvalue weighted by atomic mass is 79.9. The van der Waals surface area contributed by atoms with Gasteiger partial charge in [-0.15, -0.1) is 5.10 Å². The van der Waals surface area contributed by atoms with E-state index in [0.717, 1.165) is 9.48 Å². The fourth-order valence-electron chi connectivity index (χ4n) is 1.52. The van der Waals surface area contributed by atoms with E-state index in [2.05, 4.69) is 31.4 Å². The van der Waals surface area contributed by atoms with Crippen molar-refractivity contribution in [2.24, 2.45) is 0 Å². The molecule has 0 unspecified atom stereocenters. The molecule has 1 aromatic carbocycles. The lowest BCUT2D eigenvalue weighted by molar-refractivity contribution is 0.435. The van der Waals surface area contributed by atoms with E-state index in [1.165, 1.54) is 30.2 Å². The lowest BCUT2D eigenvalue weighted by atomic mass is 10.3. The first-order valence-corrected chi connectivity index (χ1v) is 7.50. The molecule has 1 aliphatic carbocycles. The molecule has 4 nitrogen and oxygen atoms in total. The van der Waals surface area contributed by atoms with Gasteiger partial charge in [0.15, 0.2) is 11.6 Å². The lowest BCUT2D eigenvalue weighted by Crippen LogP contribution is -2.14. The largest absolute Gasteiger partial charge is 0.427 e. The molecule has 0 radical (unpaired) electrons. The van der Waals surface area contributed by atoms with Gasteiger partial charge in [-0.1, -0.05) is 32.4 Å². The van der Waals surface area contributed by atoms with Crippen LogP contribution in [-0.4, -0.2) is 16.2 Å². The number of ether oxygens (including phenoxy) is 1. The number of rotatable bonds is 5. The molecule has 1 saturated carbocycles. The van der Waals surface area contributed by atoms with E-state index in [9.17, 15) is 4.39 Å². The maximum Gasteiger partial charge on any atom is 0.299 e. The Balaban J connectivity index is 1.66. The molecule has 100 valence electrons. The standard InChI is InChI=1S/C12H11BrFN3OS/c13-7-1-4-9(14)10(5-7)18-12-17-16-11(19-12)6-15-8-2-3-8/h1,4-5,8,15H,2-3,6H2. The summed E-state index contributed by atoms with van der Waals surface area (Å²) in [5, 5.41) is 12.5. The van der Waals surface area contributed by atoms with Crippen LogP contribution in [0.1, 0.15) is 17.8 Å². The van der Waals surface area contributed by atoms with Crippen molar-refractivity contribution in [2.45, 2.75) is 25.4 Å². The Bertz CT molecular complexity index is 588. The Labute approximate surface area is 122 Å². The molecule has 0 bridgehead atoms. The Morgan fingerprint density at radius 3 is 3.05 bits per heavy atom. The highest BCUT2D eigenvalue weighted by Crippen LogP contribution is 2.29. The average molecular weight is 344 g/mol. The summed E-state index contributed by atoms with van der Waals surface area (Å²) in [7, 11) is 0. The normalized spacial score (nSPS) is 14.6. The molecule has 0 aliphatic heterocycles. The van der Waals surface area contributed by atoms with Gasteiger partial charge in [-0.3, -0.25) is 0 Å². The third-order valence-electron chi connectivity index (χ3n) is 2.66. The predicted octanol–water partition coefficient (Wildman–Crippen LogP) is 3.48. The maximum atomic E-state index is 13.5. The van der Waals surface area contributed by atoms with E-state index in [1.807, 2.05) is 0 Å². The summed E-state index contributed by atoms with van der Waals surface area (Å²) in [4.78, 5) is 0. The Morgan fingerprint density at radius 1 is 1.42 bits per heavy atom. The van der Waals surface area contributed by atoms with Gasteiger partial charge in [0.2, 0.25) is 0 Å². The van der Waals surface area contributed by atoms with E-state index in [1.54, 1.807) is 12.1 Å². The number of aromatic nitrogens is 2. The van der Waals surface area contributed by atoms with Gasteiger partial charge in [-0.2, -0.15) is 0 Å². The van der Waals surface area contributed by atoms with Crippen LogP contribution in [0.15, 0.2) is 22.7 Å². The first kappa shape index (κ1) is 13.0. The molecular weight excluding hydrogens is 333 g/mol. The minimum absolute atomic E-state index is 0.146. The third kappa shape index (κ3) is 3.49. The quantitative estimate of drug-likeness (QED) is 0.902. The number of nitrogens with one attached hydrogen (secondary N) is 1. The van der Waals surface area contributed by atoms with Crippen LogP contribution >= 0.6 is 27.3 Å². The molecule has 1 fully saturated rings. The average Bonchev–Trinajstić information content (AvgIpc) is 3.12. The van der Waals surface area contributed by atoms with Crippen molar-refractivity contribution >= 4 is 27.3 Å². The summed E-state index contributed by atoms with van der Waals surface area (Å²) in [6, 6.07) is 5.15. The molecule has 1 N–H and O–H groups in total. The van der Waals surface area contributed by atoms with Gasteiger partial charge in [0.25, 0.3) is 5.19 Å². The summed E-state index contributed by atoms with van der Waals surface area (Å²) < 4.78 is 19.7. The Hall–Kier alpha value is -1.05. The molecule has 0 spiro atoms. The fourth-order valence-corrected chi connectivity index (χ4v) is 2.51. The summed E-state index contributed by atoms with van der Waals surface area (Å²) in [6.45, 7) is 0.687. The lowest BCUT2D eigenvalue weighted by Gasteiger charge is -2.02. The number of halogens is 2. The van der Waals surface area contributed by atoms with E-state index >= 15 is 0 Å². The van der Waals surface area contributed by atoms with Crippen LogP contribution in [0.2, 0.25) is 0 Å². The summed E-state index contributed by atoms with van der Waals surface area (Å²) in [6.07, 6.45) is 2.46. The first-order valence-electron chi connectivity index (χ1n) is 5.89. The van der Waals surface area contributed by atoms with Crippen molar-refractivity contribution in [2.75, 3.05) is 0 Å². The number of benzene rings is 1. The monoisotopic (exact) mass is 343 g/mol. The van der Waals surface area contributed by atoms with Crippen molar-refractivity contribution in [3.05, 3.63) is 33.5 Å². The van der Waals surface area contributed by atoms with Gasteiger partial charge >= 0.3 is 0 Å². The number of hydrogen-bond donors (Lipinski definition) is 1. The van der Waals surface area contributed by atoms with Gasteiger partial charge in [-0.05, 0) is 31.0 Å². The molecule has 1 aromatic heterocycles. The predicted molar refractivity (Wildman–Crippen MR) is 73.9 cm³/mol. The minimum Gasteiger partial charge on any atom is -0.427 e. The molecule has 0 saturated heterocycles. The van der Waals surface area contributed by atoms with Crippen LogP contribution in [0.3, 0.4) is 0 Å². The van der Waals surface area contributed by atoms with Crippen LogP contribution in [-0.2, 0) is 6.54 Å². The summed E-state index contributed by atoms with van der Waals surface area (Å²) in [5.41, 5.74) is 0. The summed E-state index contributed by atoms with van der Waals surface area (Å²) >= 11 is 4.60. The van der Waals surface area contributed by atoms with Gasteiger partial charge in [0.1, 0.15) is 5.01 Å². The highest BCUT2D eigenvalue weighted by Gasteiger charge is 2.21.